The van der Waals surface area contributed by atoms with E-state index in [1.165, 1.54) is 16.9 Å². The van der Waals surface area contributed by atoms with E-state index < -0.39 is 12.0 Å². The number of carbonyl (C=O) groups excluding carboxylic acids is 1. The number of ether oxygens (including phenoxy) is 1. The van der Waals surface area contributed by atoms with Gasteiger partial charge in [0, 0.05) is 22.1 Å². The highest BCUT2D eigenvalue weighted by atomic mass is 35.5. The molecule has 1 atom stereocenters. The maximum absolute atomic E-state index is 14.0. The summed E-state index contributed by atoms with van der Waals surface area (Å²) in [7, 11) is 0. The van der Waals surface area contributed by atoms with Crippen molar-refractivity contribution < 1.29 is 9.53 Å². The summed E-state index contributed by atoms with van der Waals surface area (Å²) in [6.07, 6.45) is 1.61. The lowest BCUT2D eigenvalue weighted by molar-refractivity contribution is -0.143. The summed E-state index contributed by atoms with van der Waals surface area (Å²) in [6.45, 7) is 11.6. The molecule has 0 amide bonds. The molecule has 200 valence electrons. The van der Waals surface area contributed by atoms with Crippen molar-refractivity contribution in [1.82, 2.24) is 9.13 Å². The molecule has 4 aromatic rings. The SMILES string of the molecule is CC1=C(C(=O)OC(C)C)[C@@H](c2ccc(Cl)cc2)n2c(s/c(=C/c3cc(C)n(-c4cccc(C)c4)c3C)c2=O)=N1. The Morgan fingerprint density at radius 3 is 2.46 bits per heavy atom. The first-order chi connectivity index (χ1) is 18.5. The molecule has 8 heteroatoms. The molecule has 6 nitrogen and oxygen atoms in total. The quantitative estimate of drug-likeness (QED) is 0.301. The number of aromatic nitrogens is 2. The van der Waals surface area contributed by atoms with Gasteiger partial charge in [-0.2, -0.15) is 0 Å². The molecule has 2 aromatic carbocycles. The van der Waals surface area contributed by atoms with Gasteiger partial charge in [-0.3, -0.25) is 9.36 Å². The van der Waals surface area contributed by atoms with Gasteiger partial charge in [-0.25, -0.2) is 9.79 Å². The van der Waals surface area contributed by atoms with Gasteiger partial charge in [-0.05, 0) is 94.6 Å². The summed E-state index contributed by atoms with van der Waals surface area (Å²) >= 11 is 7.48. The van der Waals surface area contributed by atoms with Crippen LogP contribution in [0.4, 0.5) is 0 Å². The van der Waals surface area contributed by atoms with Gasteiger partial charge in [-0.1, -0.05) is 47.2 Å². The van der Waals surface area contributed by atoms with Crippen molar-refractivity contribution in [1.29, 1.82) is 0 Å². The average Bonchev–Trinajstić information content (AvgIpc) is 3.32. The lowest BCUT2D eigenvalue weighted by atomic mass is 9.96. The number of aryl methyl sites for hydroxylation is 2. The number of allylic oxidation sites excluding steroid dienone is 1. The molecule has 3 heterocycles. The Hall–Kier alpha value is -3.68. The fourth-order valence-corrected chi connectivity index (χ4v) is 6.22. The third kappa shape index (κ3) is 5.04. The van der Waals surface area contributed by atoms with E-state index in [1.807, 2.05) is 24.3 Å². The molecule has 0 unspecified atom stereocenters. The number of nitrogens with zero attached hydrogens (tertiary/aromatic N) is 3. The second-order valence-electron chi connectivity index (χ2n) is 10.1. The third-order valence-corrected chi connectivity index (χ3v) is 8.02. The van der Waals surface area contributed by atoms with E-state index in [0.717, 1.165) is 28.2 Å². The summed E-state index contributed by atoms with van der Waals surface area (Å²) in [4.78, 5) is 32.4. The monoisotopic (exact) mass is 559 g/mol. The van der Waals surface area contributed by atoms with Crippen molar-refractivity contribution in [2.75, 3.05) is 0 Å². The predicted octanol–water partition coefficient (Wildman–Crippen LogP) is 5.56. The molecule has 0 fully saturated rings. The number of halogens is 1. The molecule has 1 aliphatic rings. The van der Waals surface area contributed by atoms with Crippen LogP contribution in [0.2, 0.25) is 5.02 Å². The molecule has 0 aliphatic carbocycles. The number of hydrogen-bond donors (Lipinski definition) is 0. The van der Waals surface area contributed by atoms with E-state index in [2.05, 4.69) is 54.6 Å². The third-order valence-electron chi connectivity index (χ3n) is 6.79. The highest BCUT2D eigenvalue weighted by Crippen LogP contribution is 2.31. The lowest BCUT2D eigenvalue weighted by Crippen LogP contribution is -2.40. The van der Waals surface area contributed by atoms with Crippen LogP contribution < -0.4 is 14.9 Å². The topological polar surface area (TPSA) is 65.6 Å². The van der Waals surface area contributed by atoms with Crippen LogP contribution in [0.25, 0.3) is 11.8 Å². The first kappa shape index (κ1) is 26.9. The molecular formula is C31H30ClN3O3S. The van der Waals surface area contributed by atoms with Gasteiger partial charge in [-0.15, -0.1) is 0 Å². The van der Waals surface area contributed by atoms with Crippen LogP contribution in [0.5, 0.6) is 0 Å². The van der Waals surface area contributed by atoms with Crippen molar-refractivity contribution in [3.05, 3.63) is 119 Å². The largest absolute Gasteiger partial charge is 0.459 e. The van der Waals surface area contributed by atoms with Gasteiger partial charge < -0.3 is 9.30 Å². The summed E-state index contributed by atoms with van der Waals surface area (Å²) in [5.74, 6) is -0.484. The zero-order valence-corrected chi connectivity index (χ0v) is 24.4. The standard InChI is InChI=1S/C31H30ClN3O3S/c1-17(2)38-30(37)27-20(5)33-31-35(28(27)22-10-12-24(32)13-11-22)29(36)26(39-31)16-23-15-19(4)34(21(23)6)25-9-7-8-18(3)14-25/h7-17,28H,1-6H3/b26-16+/t28-/m1/s1. The average molecular weight is 560 g/mol. The molecule has 0 spiro atoms. The van der Waals surface area contributed by atoms with Crippen LogP contribution >= 0.6 is 22.9 Å². The minimum Gasteiger partial charge on any atom is -0.459 e. The van der Waals surface area contributed by atoms with E-state index in [4.69, 9.17) is 16.3 Å². The van der Waals surface area contributed by atoms with E-state index in [-0.39, 0.29) is 11.7 Å². The smallest absolute Gasteiger partial charge is 0.338 e. The van der Waals surface area contributed by atoms with Crippen molar-refractivity contribution in [3.8, 4) is 5.69 Å². The van der Waals surface area contributed by atoms with Crippen molar-refractivity contribution in [2.45, 2.75) is 53.7 Å². The van der Waals surface area contributed by atoms with Crippen LogP contribution in [0.1, 0.15) is 54.9 Å². The van der Waals surface area contributed by atoms with Crippen molar-refractivity contribution >= 4 is 35.0 Å². The molecule has 0 radical (unpaired) electrons. The maximum atomic E-state index is 14.0. The Morgan fingerprint density at radius 1 is 1.08 bits per heavy atom. The van der Waals surface area contributed by atoms with Crippen LogP contribution in [-0.4, -0.2) is 21.2 Å². The molecule has 2 aromatic heterocycles. The Labute approximate surface area is 236 Å². The molecule has 0 saturated heterocycles. The number of benzene rings is 2. The van der Waals surface area contributed by atoms with Gasteiger partial charge in [0.15, 0.2) is 4.80 Å². The summed E-state index contributed by atoms with van der Waals surface area (Å²) < 4.78 is 9.91. The number of thiazole rings is 1. The summed E-state index contributed by atoms with van der Waals surface area (Å²) in [5.41, 5.74) is 6.76. The van der Waals surface area contributed by atoms with Crippen LogP contribution in [-0.2, 0) is 9.53 Å². The number of rotatable bonds is 5. The molecular weight excluding hydrogens is 530 g/mol. The molecule has 39 heavy (non-hydrogen) atoms. The fourth-order valence-electron chi connectivity index (χ4n) is 5.06. The van der Waals surface area contributed by atoms with Crippen LogP contribution in [0.15, 0.2) is 75.7 Å². The lowest BCUT2D eigenvalue weighted by Gasteiger charge is -2.25. The van der Waals surface area contributed by atoms with E-state index in [1.54, 1.807) is 37.5 Å². The second kappa shape index (κ2) is 10.5. The minimum absolute atomic E-state index is 0.207. The first-order valence-electron chi connectivity index (χ1n) is 12.8. The van der Waals surface area contributed by atoms with Crippen molar-refractivity contribution in [2.24, 2.45) is 4.99 Å². The molecule has 0 bridgehead atoms. The van der Waals surface area contributed by atoms with Crippen molar-refractivity contribution in [3.63, 3.8) is 0 Å². The number of hydrogen-bond acceptors (Lipinski definition) is 5. The highest BCUT2D eigenvalue weighted by molar-refractivity contribution is 7.07. The summed E-state index contributed by atoms with van der Waals surface area (Å²) in [5, 5.41) is 0.571. The Bertz CT molecular complexity index is 1810. The molecule has 5 rings (SSSR count). The summed E-state index contributed by atoms with van der Waals surface area (Å²) in [6, 6.07) is 16.9. The van der Waals surface area contributed by atoms with Gasteiger partial charge >= 0.3 is 5.97 Å². The number of carbonyl (C=O) groups is 1. The Balaban J connectivity index is 1.69. The molecule has 0 saturated carbocycles. The first-order valence-corrected chi connectivity index (χ1v) is 14.0. The molecule has 0 N–H and O–H groups in total. The van der Waals surface area contributed by atoms with E-state index >= 15 is 0 Å². The highest BCUT2D eigenvalue weighted by Gasteiger charge is 2.33. The zero-order valence-electron chi connectivity index (χ0n) is 22.8. The predicted molar refractivity (Wildman–Crippen MR) is 156 cm³/mol. The molecule has 1 aliphatic heterocycles. The normalized spacial score (nSPS) is 15.5. The van der Waals surface area contributed by atoms with Gasteiger partial charge in [0.1, 0.15) is 0 Å². The van der Waals surface area contributed by atoms with Gasteiger partial charge in [0.25, 0.3) is 5.56 Å². The number of esters is 1. The van der Waals surface area contributed by atoms with Crippen LogP contribution in [0, 0.1) is 20.8 Å². The second-order valence-corrected chi connectivity index (χ2v) is 11.5. The van der Waals surface area contributed by atoms with Gasteiger partial charge in [0.2, 0.25) is 0 Å². The Morgan fingerprint density at radius 2 is 1.79 bits per heavy atom. The van der Waals surface area contributed by atoms with E-state index in [9.17, 15) is 9.59 Å². The Kier molecular flexibility index (Phi) is 7.23. The van der Waals surface area contributed by atoms with E-state index in [0.29, 0.717) is 25.6 Å². The minimum atomic E-state index is -0.674. The zero-order chi connectivity index (χ0) is 28.0. The van der Waals surface area contributed by atoms with Crippen LogP contribution in [0.3, 0.4) is 0 Å². The fraction of sp³-hybridized carbons (Fsp3) is 0.258. The maximum Gasteiger partial charge on any atom is 0.338 e. The van der Waals surface area contributed by atoms with Gasteiger partial charge in [0.05, 0.1) is 27.9 Å². The number of fused-ring (bicyclic) bond motifs is 1.